The molecule has 10 rings (SSSR count). The van der Waals surface area contributed by atoms with E-state index in [1.165, 1.54) is 44.2 Å². The molecule has 4 atom stereocenters. The van der Waals surface area contributed by atoms with Crippen LogP contribution in [0.15, 0.2) is 24.3 Å². The van der Waals surface area contributed by atoms with E-state index in [0.717, 1.165) is 58.3 Å². The van der Waals surface area contributed by atoms with Crippen LogP contribution in [0.25, 0.3) is 32.9 Å². The minimum Gasteiger partial charge on any atom is -0.508 e. The van der Waals surface area contributed by atoms with E-state index in [2.05, 4.69) is 20.7 Å². The van der Waals surface area contributed by atoms with Crippen LogP contribution < -0.4 is 14.4 Å². The molecule has 3 saturated carbocycles. The summed E-state index contributed by atoms with van der Waals surface area (Å²) in [6, 6.07) is 6.71. The third-order valence-corrected chi connectivity index (χ3v) is 12.9. The molecule has 1 spiro atoms. The SMILES string of the molecule is C#Cc1c(F)ccc2cc(O)cc(-c3nc(OC)c4c(N5CCOC6CC65)nc(OC[C@]56CCC[C@H]5N(C5CC7(COC7)C5)CCC6)nc4c3F)c12. The third-order valence-electron chi connectivity index (χ3n) is 12.9. The molecule has 6 fully saturated rings. The molecule has 2 aromatic carbocycles. The molecule has 3 saturated heterocycles. The smallest absolute Gasteiger partial charge is 0.319 e. The van der Waals surface area contributed by atoms with Crippen LogP contribution in [0.3, 0.4) is 0 Å². The number of nitrogens with zero attached hydrogens (tertiary/aromatic N) is 5. The molecule has 2 aromatic heterocycles. The van der Waals surface area contributed by atoms with Gasteiger partial charge < -0.3 is 29.0 Å². The lowest BCUT2D eigenvalue weighted by Crippen LogP contribution is -2.64. The van der Waals surface area contributed by atoms with Crippen molar-refractivity contribution in [1.29, 1.82) is 0 Å². The van der Waals surface area contributed by atoms with Gasteiger partial charge in [-0.15, -0.1) is 6.42 Å². The Kier molecular flexibility index (Phi) is 7.37. The number of phenolic OH excluding ortho intramolecular Hbond substituents is 1. The minimum absolute atomic E-state index is 0.0334. The quantitative estimate of drug-likeness (QED) is 0.231. The van der Waals surface area contributed by atoms with Crippen LogP contribution in [0, 0.1) is 34.8 Å². The van der Waals surface area contributed by atoms with Gasteiger partial charge in [0.1, 0.15) is 34.0 Å². The van der Waals surface area contributed by atoms with Gasteiger partial charge in [0.25, 0.3) is 0 Å². The Morgan fingerprint density at radius 3 is 2.71 bits per heavy atom. The second-order valence-corrected chi connectivity index (χ2v) is 15.9. The van der Waals surface area contributed by atoms with Gasteiger partial charge in [-0.3, -0.25) is 4.90 Å². The van der Waals surface area contributed by atoms with Gasteiger partial charge in [-0.25, -0.2) is 13.8 Å². The van der Waals surface area contributed by atoms with Crippen LogP contribution in [-0.4, -0.2) is 95.8 Å². The highest BCUT2D eigenvalue weighted by Crippen LogP contribution is 2.55. The Hall–Kier alpha value is -4.31. The Morgan fingerprint density at radius 2 is 1.92 bits per heavy atom. The van der Waals surface area contributed by atoms with Crippen LogP contribution in [0.5, 0.6) is 17.6 Å². The maximum Gasteiger partial charge on any atom is 0.319 e. The highest BCUT2D eigenvalue weighted by molar-refractivity contribution is 6.04. The summed E-state index contributed by atoms with van der Waals surface area (Å²) in [5.74, 6) is 1.42. The van der Waals surface area contributed by atoms with E-state index in [1.807, 2.05) is 0 Å². The number of hydrogen-bond donors (Lipinski definition) is 1. The number of methoxy groups -OCH3 is 1. The van der Waals surface area contributed by atoms with Crippen molar-refractivity contribution in [3.8, 4) is 41.2 Å². The number of ether oxygens (including phenoxy) is 4. The molecule has 3 aliphatic carbocycles. The summed E-state index contributed by atoms with van der Waals surface area (Å²) >= 11 is 0. The van der Waals surface area contributed by atoms with Crippen LogP contribution in [0.1, 0.15) is 56.9 Å². The van der Waals surface area contributed by atoms with Gasteiger partial charge in [0.15, 0.2) is 5.82 Å². The molecule has 5 heterocycles. The molecule has 4 aromatic rings. The fourth-order valence-electron chi connectivity index (χ4n) is 10.2. The molecular formula is C40H41F2N5O5. The number of halogens is 2. The molecule has 270 valence electrons. The molecule has 12 heteroatoms. The summed E-state index contributed by atoms with van der Waals surface area (Å²) in [7, 11) is 1.46. The minimum atomic E-state index is -0.774. The van der Waals surface area contributed by atoms with E-state index < -0.39 is 11.6 Å². The zero-order valence-electron chi connectivity index (χ0n) is 29.2. The predicted octanol–water partition coefficient (Wildman–Crippen LogP) is 5.99. The zero-order chi connectivity index (χ0) is 35.4. The monoisotopic (exact) mass is 709 g/mol. The lowest BCUT2D eigenvalue weighted by atomic mass is 9.62. The summed E-state index contributed by atoms with van der Waals surface area (Å²) in [6.07, 6.45) is 14.6. The number of piperidine rings is 1. The molecule has 0 radical (unpaired) electrons. The molecule has 52 heavy (non-hydrogen) atoms. The number of likely N-dealkylation sites (tertiary alicyclic amines) is 1. The summed E-state index contributed by atoms with van der Waals surface area (Å²) < 4.78 is 56.2. The van der Waals surface area contributed by atoms with Crippen molar-refractivity contribution < 1.29 is 32.8 Å². The molecule has 2 unspecified atom stereocenters. The number of pyridine rings is 1. The molecule has 1 N–H and O–H groups in total. The Morgan fingerprint density at radius 1 is 1.08 bits per heavy atom. The summed E-state index contributed by atoms with van der Waals surface area (Å²) in [5.41, 5.74) is 0.216. The number of aromatic nitrogens is 3. The second-order valence-electron chi connectivity index (χ2n) is 15.9. The number of phenols is 1. The van der Waals surface area contributed by atoms with Gasteiger partial charge in [0.2, 0.25) is 5.88 Å². The third kappa shape index (κ3) is 4.88. The summed E-state index contributed by atoms with van der Waals surface area (Å²) in [4.78, 5) is 19.2. The summed E-state index contributed by atoms with van der Waals surface area (Å²) in [5, 5.41) is 11.7. The topological polar surface area (TPSA) is 102 Å². The van der Waals surface area contributed by atoms with Gasteiger partial charge in [0.05, 0.1) is 51.2 Å². The first kappa shape index (κ1) is 32.3. The van der Waals surface area contributed by atoms with Crippen molar-refractivity contribution in [3.63, 3.8) is 0 Å². The predicted molar refractivity (Wildman–Crippen MR) is 190 cm³/mol. The maximum atomic E-state index is 17.2. The Labute approximate surface area is 300 Å². The number of hydrogen-bond acceptors (Lipinski definition) is 10. The van der Waals surface area contributed by atoms with Crippen molar-refractivity contribution in [2.75, 3.05) is 51.5 Å². The normalized spacial score (nSPS) is 27.9. The largest absolute Gasteiger partial charge is 0.508 e. The maximum absolute atomic E-state index is 17.2. The number of morpholine rings is 1. The van der Waals surface area contributed by atoms with E-state index in [9.17, 15) is 5.11 Å². The van der Waals surface area contributed by atoms with Gasteiger partial charge in [-0.05, 0) is 75.1 Å². The molecule has 0 amide bonds. The number of anilines is 1. The average Bonchev–Trinajstić information content (AvgIpc) is 3.79. The number of benzene rings is 2. The van der Waals surface area contributed by atoms with Crippen molar-refractivity contribution in [1.82, 2.24) is 19.9 Å². The Balaban J connectivity index is 1.08. The second kappa shape index (κ2) is 11.9. The van der Waals surface area contributed by atoms with E-state index in [0.29, 0.717) is 53.8 Å². The average molecular weight is 710 g/mol. The van der Waals surface area contributed by atoms with E-state index in [4.69, 9.17) is 35.3 Å². The summed E-state index contributed by atoms with van der Waals surface area (Å²) in [6.45, 7) is 4.39. The van der Waals surface area contributed by atoms with Gasteiger partial charge in [-0.1, -0.05) is 18.4 Å². The fraction of sp³-hybridized carbons (Fsp3) is 0.525. The van der Waals surface area contributed by atoms with Crippen LogP contribution >= 0.6 is 0 Å². The van der Waals surface area contributed by atoms with Gasteiger partial charge in [0, 0.05) is 40.4 Å². The van der Waals surface area contributed by atoms with Crippen molar-refractivity contribution >= 4 is 27.5 Å². The number of terminal acetylenes is 1. The van der Waals surface area contributed by atoms with Crippen molar-refractivity contribution in [2.45, 2.75) is 75.6 Å². The van der Waals surface area contributed by atoms with Crippen molar-refractivity contribution in [3.05, 3.63) is 41.5 Å². The van der Waals surface area contributed by atoms with Crippen LogP contribution in [0.4, 0.5) is 14.6 Å². The molecule has 6 aliphatic rings. The molecular weight excluding hydrogens is 668 g/mol. The number of rotatable bonds is 7. The number of aromatic hydroxyl groups is 1. The molecule has 0 bridgehead atoms. The van der Waals surface area contributed by atoms with E-state index in [-0.39, 0.29) is 62.9 Å². The lowest BCUT2D eigenvalue weighted by molar-refractivity contribution is -0.196. The first-order valence-electron chi connectivity index (χ1n) is 18.5. The molecule has 3 aliphatic heterocycles. The number of fused-ring (bicyclic) bond motifs is 4. The first-order valence-corrected chi connectivity index (χ1v) is 18.5. The highest BCUT2D eigenvalue weighted by atomic mass is 19.1. The van der Waals surface area contributed by atoms with Gasteiger partial charge >= 0.3 is 6.01 Å². The van der Waals surface area contributed by atoms with E-state index in [1.54, 1.807) is 0 Å². The fourth-order valence-corrected chi connectivity index (χ4v) is 10.2. The first-order chi connectivity index (χ1) is 25.3. The van der Waals surface area contributed by atoms with Crippen LogP contribution in [0.2, 0.25) is 0 Å². The lowest BCUT2D eigenvalue weighted by Gasteiger charge is -2.60. The van der Waals surface area contributed by atoms with Gasteiger partial charge in [-0.2, -0.15) is 9.97 Å². The van der Waals surface area contributed by atoms with Crippen LogP contribution in [-0.2, 0) is 9.47 Å². The Bertz CT molecular complexity index is 2160. The standard InChI is InChI=1S/C40H41F2N5O5/c1-3-25-27(41)8-7-22-14-24(48)15-26(31(22)25)34-33(42)35-32(37(43-34)49-2)36(47-12-13-51-29-16-28(29)47)45-38(44-35)52-21-40-9-4-6-30(40)46(11-5-10-40)23-17-39(18-23)19-50-20-39/h1,7-8,14-15,23,28-30,48H,4-6,9-13,16-21H2,2H3/t28?,29?,30-,40-/m1/s1. The van der Waals surface area contributed by atoms with Crippen molar-refractivity contribution in [2.24, 2.45) is 10.8 Å². The highest BCUT2D eigenvalue weighted by Gasteiger charge is 2.57. The zero-order valence-corrected chi connectivity index (χ0v) is 29.2. The molecule has 10 nitrogen and oxygen atoms in total. The van der Waals surface area contributed by atoms with E-state index >= 15 is 8.78 Å².